The molecule has 6 heteroatoms. The van der Waals surface area contributed by atoms with Gasteiger partial charge in [0.25, 0.3) is 5.91 Å². The van der Waals surface area contributed by atoms with Crippen LogP contribution in [-0.4, -0.2) is 46.9 Å². The summed E-state index contributed by atoms with van der Waals surface area (Å²) in [6, 6.07) is 11.8. The molecule has 2 saturated heterocycles. The summed E-state index contributed by atoms with van der Waals surface area (Å²) in [7, 11) is 0. The van der Waals surface area contributed by atoms with Crippen molar-refractivity contribution in [1.82, 2.24) is 14.8 Å². The van der Waals surface area contributed by atoms with Gasteiger partial charge in [-0.05, 0) is 74.8 Å². The number of likely N-dealkylation sites (tertiary alicyclic amines) is 1. The zero-order valence-corrected chi connectivity index (χ0v) is 17.5. The van der Waals surface area contributed by atoms with E-state index in [1.54, 1.807) is 11.8 Å². The quantitative estimate of drug-likeness (QED) is 0.662. The standard InChI is InChI=1S/C22H26ClN3OS/c23-18-8-4-7-17(15-18)22-26(14-6-13-25-11-2-1-3-12-25)21(27)20(28-22)16-19-9-5-10-24-19/h4-5,7-10,15-16,22,24H,1-3,6,11-14H2/b20-16+. The van der Waals surface area contributed by atoms with Crippen LogP contribution in [0.1, 0.15) is 42.3 Å². The number of hydrogen-bond donors (Lipinski definition) is 1. The van der Waals surface area contributed by atoms with Crippen molar-refractivity contribution in [2.45, 2.75) is 31.1 Å². The topological polar surface area (TPSA) is 39.3 Å². The van der Waals surface area contributed by atoms with Gasteiger partial charge in [0.1, 0.15) is 5.37 Å². The van der Waals surface area contributed by atoms with E-state index >= 15 is 0 Å². The second-order valence-electron chi connectivity index (χ2n) is 7.41. The summed E-state index contributed by atoms with van der Waals surface area (Å²) in [6.45, 7) is 4.21. The van der Waals surface area contributed by atoms with Gasteiger partial charge in [0, 0.05) is 23.5 Å². The largest absolute Gasteiger partial charge is 0.362 e. The highest BCUT2D eigenvalue weighted by Gasteiger charge is 2.37. The Bertz CT molecular complexity index is 830. The number of halogens is 1. The van der Waals surface area contributed by atoms with Crippen LogP contribution in [0.25, 0.3) is 6.08 Å². The smallest absolute Gasteiger partial charge is 0.261 e. The fourth-order valence-electron chi connectivity index (χ4n) is 3.93. The Kier molecular flexibility index (Phi) is 6.45. The second kappa shape index (κ2) is 9.21. The first-order chi connectivity index (χ1) is 13.7. The van der Waals surface area contributed by atoms with Crippen molar-refractivity contribution in [1.29, 1.82) is 0 Å². The molecule has 2 aliphatic heterocycles. The molecule has 2 fully saturated rings. The van der Waals surface area contributed by atoms with E-state index in [9.17, 15) is 4.79 Å². The number of amides is 1. The molecule has 1 aromatic carbocycles. The minimum Gasteiger partial charge on any atom is -0.362 e. The van der Waals surface area contributed by atoms with Gasteiger partial charge in [-0.3, -0.25) is 4.79 Å². The third-order valence-electron chi connectivity index (χ3n) is 5.36. The molecule has 1 aromatic heterocycles. The highest BCUT2D eigenvalue weighted by atomic mass is 35.5. The van der Waals surface area contributed by atoms with Crippen molar-refractivity contribution in [2.24, 2.45) is 0 Å². The molecule has 28 heavy (non-hydrogen) atoms. The predicted octanol–water partition coefficient (Wildman–Crippen LogP) is 5.16. The summed E-state index contributed by atoms with van der Waals surface area (Å²) < 4.78 is 0. The average molecular weight is 416 g/mol. The van der Waals surface area contributed by atoms with Gasteiger partial charge < -0.3 is 14.8 Å². The third kappa shape index (κ3) is 4.65. The second-order valence-corrected chi connectivity index (χ2v) is 8.97. The maximum atomic E-state index is 13.2. The minimum atomic E-state index is -0.0197. The Labute approximate surface area is 175 Å². The van der Waals surface area contributed by atoms with Crippen LogP contribution in [0.2, 0.25) is 5.02 Å². The number of carbonyl (C=O) groups excluding carboxylic acids is 1. The SMILES string of the molecule is O=C1/C(=C\c2ccc[nH]2)SC(c2cccc(Cl)c2)N1CCCN1CCCCC1. The highest BCUT2D eigenvalue weighted by Crippen LogP contribution is 2.46. The Hall–Kier alpha value is -1.69. The van der Waals surface area contributed by atoms with E-state index in [0.717, 1.165) is 35.7 Å². The molecular formula is C22H26ClN3OS. The molecule has 148 valence electrons. The number of nitrogens with one attached hydrogen (secondary N) is 1. The van der Waals surface area contributed by atoms with Gasteiger partial charge in [-0.15, -0.1) is 0 Å². The Morgan fingerprint density at radius 3 is 2.75 bits per heavy atom. The molecule has 0 saturated carbocycles. The van der Waals surface area contributed by atoms with Crippen molar-refractivity contribution in [3.8, 4) is 0 Å². The Morgan fingerprint density at radius 2 is 2.00 bits per heavy atom. The van der Waals surface area contributed by atoms with Crippen LogP contribution in [0, 0.1) is 0 Å². The van der Waals surface area contributed by atoms with Gasteiger partial charge in [-0.1, -0.05) is 41.9 Å². The number of H-pyrrole nitrogens is 1. The fraction of sp³-hybridized carbons (Fsp3) is 0.409. The normalized spacial score (nSPS) is 22.3. The molecular weight excluding hydrogens is 390 g/mol. The van der Waals surface area contributed by atoms with Crippen LogP contribution in [0.5, 0.6) is 0 Å². The molecule has 1 amide bonds. The van der Waals surface area contributed by atoms with Crippen LogP contribution in [-0.2, 0) is 4.79 Å². The number of aromatic amines is 1. The molecule has 1 atom stereocenters. The number of carbonyl (C=O) groups is 1. The number of rotatable bonds is 6. The van der Waals surface area contributed by atoms with E-state index in [1.807, 2.05) is 47.5 Å². The zero-order valence-electron chi connectivity index (χ0n) is 15.9. The van der Waals surface area contributed by atoms with E-state index < -0.39 is 0 Å². The fourth-order valence-corrected chi connectivity index (χ4v) is 5.39. The van der Waals surface area contributed by atoms with Gasteiger partial charge in [-0.2, -0.15) is 0 Å². The lowest BCUT2D eigenvalue weighted by Gasteiger charge is -2.28. The van der Waals surface area contributed by atoms with E-state index in [2.05, 4.69) is 16.0 Å². The van der Waals surface area contributed by atoms with Crippen molar-refractivity contribution in [3.05, 3.63) is 63.8 Å². The van der Waals surface area contributed by atoms with E-state index in [-0.39, 0.29) is 11.3 Å². The summed E-state index contributed by atoms with van der Waals surface area (Å²) in [4.78, 5) is 21.6. The number of hydrogen-bond acceptors (Lipinski definition) is 3. The molecule has 0 bridgehead atoms. The number of aromatic nitrogens is 1. The lowest BCUT2D eigenvalue weighted by molar-refractivity contribution is -0.126. The molecule has 1 N–H and O–H groups in total. The van der Waals surface area contributed by atoms with Crippen molar-refractivity contribution in [2.75, 3.05) is 26.2 Å². The van der Waals surface area contributed by atoms with Crippen molar-refractivity contribution < 1.29 is 4.79 Å². The molecule has 2 aromatic rings. The molecule has 3 heterocycles. The van der Waals surface area contributed by atoms with E-state index in [4.69, 9.17) is 11.6 Å². The number of nitrogens with zero attached hydrogens (tertiary/aromatic N) is 2. The molecule has 1 unspecified atom stereocenters. The summed E-state index contributed by atoms with van der Waals surface area (Å²) >= 11 is 7.84. The first kappa shape index (κ1) is 19.6. The van der Waals surface area contributed by atoms with E-state index in [1.165, 1.54) is 32.4 Å². The van der Waals surface area contributed by atoms with Crippen LogP contribution in [0.3, 0.4) is 0 Å². The maximum Gasteiger partial charge on any atom is 0.261 e. The summed E-state index contributed by atoms with van der Waals surface area (Å²) in [6.07, 6.45) is 8.77. The molecule has 0 spiro atoms. The maximum absolute atomic E-state index is 13.2. The van der Waals surface area contributed by atoms with Crippen LogP contribution >= 0.6 is 23.4 Å². The average Bonchev–Trinajstić information content (AvgIpc) is 3.32. The van der Waals surface area contributed by atoms with Crippen molar-refractivity contribution in [3.63, 3.8) is 0 Å². The molecule has 4 nitrogen and oxygen atoms in total. The first-order valence-electron chi connectivity index (χ1n) is 10.0. The van der Waals surface area contributed by atoms with Gasteiger partial charge in [0.15, 0.2) is 0 Å². The first-order valence-corrected chi connectivity index (χ1v) is 11.3. The predicted molar refractivity (Wildman–Crippen MR) is 117 cm³/mol. The zero-order chi connectivity index (χ0) is 19.3. The molecule has 0 aliphatic carbocycles. The summed E-state index contributed by atoms with van der Waals surface area (Å²) in [5.74, 6) is 0.114. The van der Waals surface area contributed by atoms with Crippen molar-refractivity contribution >= 4 is 35.3 Å². The summed E-state index contributed by atoms with van der Waals surface area (Å²) in [5, 5.41) is 0.689. The highest BCUT2D eigenvalue weighted by molar-refractivity contribution is 8.04. The van der Waals surface area contributed by atoms with Gasteiger partial charge in [0.05, 0.1) is 4.91 Å². The summed E-state index contributed by atoms with van der Waals surface area (Å²) in [5.41, 5.74) is 2.04. The molecule has 0 radical (unpaired) electrons. The molecule has 4 rings (SSSR count). The van der Waals surface area contributed by atoms with Gasteiger partial charge in [-0.25, -0.2) is 0 Å². The Morgan fingerprint density at radius 1 is 1.14 bits per heavy atom. The lowest BCUT2D eigenvalue weighted by atomic mass is 10.1. The van der Waals surface area contributed by atoms with Gasteiger partial charge >= 0.3 is 0 Å². The Balaban J connectivity index is 1.50. The number of benzene rings is 1. The lowest BCUT2D eigenvalue weighted by Crippen LogP contribution is -2.34. The minimum absolute atomic E-state index is 0.0197. The van der Waals surface area contributed by atoms with E-state index in [0.29, 0.717) is 5.02 Å². The molecule has 2 aliphatic rings. The monoisotopic (exact) mass is 415 g/mol. The van der Waals surface area contributed by atoms with Gasteiger partial charge in [0.2, 0.25) is 0 Å². The number of piperidine rings is 1. The number of thioether (sulfide) groups is 1. The van der Waals surface area contributed by atoms with Crippen LogP contribution < -0.4 is 0 Å². The van der Waals surface area contributed by atoms with Crippen LogP contribution in [0.15, 0.2) is 47.5 Å². The van der Waals surface area contributed by atoms with Crippen LogP contribution in [0.4, 0.5) is 0 Å². The third-order valence-corrected chi connectivity index (χ3v) is 6.89.